The molecule has 2 N–H and O–H groups in total. The van der Waals surface area contributed by atoms with Crippen LogP contribution in [0.2, 0.25) is 5.02 Å². The highest BCUT2D eigenvalue weighted by molar-refractivity contribution is 8.01. The lowest BCUT2D eigenvalue weighted by Crippen LogP contribution is -2.32. The average Bonchev–Trinajstić information content (AvgIpc) is 3.18. The third kappa shape index (κ3) is 3.99. The molecule has 0 spiro atoms. The van der Waals surface area contributed by atoms with Gasteiger partial charge in [0, 0.05) is 40.1 Å². The Hall–Kier alpha value is -2.77. The molecule has 1 aliphatic rings. The summed E-state index contributed by atoms with van der Waals surface area (Å²) in [4.78, 5) is 29.5. The average molecular weight is 399 g/mol. The summed E-state index contributed by atoms with van der Waals surface area (Å²) in [6.45, 7) is 0. The SMILES string of the molecule is O=C(CC1Sc2ccc(Cl)cc2NC1=O)Nc1ccc(-n2ccnc2)cc1. The molecule has 1 aromatic heterocycles. The van der Waals surface area contributed by atoms with E-state index in [1.807, 2.05) is 41.1 Å². The fourth-order valence-corrected chi connectivity index (χ4v) is 4.03. The van der Waals surface area contributed by atoms with E-state index in [4.69, 9.17) is 11.6 Å². The van der Waals surface area contributed by atoms with Gasteiger partial charge >= 0.3 is 0 Å². The Kier molecular flexibility index (Phi) is 4.87. The Bertz CT molecular complexity index is 989. The van der Waals surface area contributed by atoms with E-state index in [0.29, 0.717) is 16.4 Å². The van der Waals surface area contributed by atoms with Crippen molar-refractivity contribution in [2.45, 2.75) is 16.6 Å². The number of anilines is 2. The molecule has 0 radical (unpaired) electrons. The minimum absolute atomic E-state index is 0.0852. The summed E-state index contributed by atoms with van der Waals surface area (Å²) < 4.78 is 1.87. The predicted molar refractivity (Wildman–Crippen MR) is 107 cm³/mol. The molecule has 1 aliphatic heterocycles. The summed E-state index contributed by atoms with van der Waals surface area (Å²) in [6.07, 6.45) is 5.34. The number of amides is 2. The summed E-state index contributed by atoms with van der Waals surface area (Å²) in [6, 6.07) is 12.7. The summed E-state index contributed by atoms with van der Waals surface area (Å²) in [5, 5.41) is 5.72. The highest BCUT2D eigenvalue weighted by atomic mass is 35.5. The first-order valence-corrected chi connectivity index (χ1v) is 9.49. The Morgan fingerprint density at radius 3 is 2.81 bits per heavy atom. The maximum Gasteiger partial charge on any atom is 0.238 e. The number of nitrogens with zero attached hydrogens (tertiary/aromatic N) is 2. The van der Waals surface area contributed by atoms with Gasteiger partial charge in [-0.05, 0) is 42.5 Å². The van der Waals surface area contributed by atoms with Crippen molar-refractivity contribution in [3.8, 4) is 5.69 Å². The van der Waals surface area contributed by atoms with Crippen LogP contribution in [-0.4, -0.2) is 26.6 Å². The molecule has 2 amide bonds. The Morgan fingerprint density at radius 2 is 2.07 bits per heavy atom. The summed E-state index contributed by atoms with van der Waals surface area (Å²) in [5.74, 6) is -0.407. The second kappa shape index (κ2) is 7.46. The van der Waals surface area contributed by atoms with Crippen molar-refractivity contribution in [2.75, 3.05) is 10.6 Å². The zero-order valence-corrected chi connectivity index (χ0v) is 15.6. The van der Waals surface area contributed by atoms with E-state index in [0.717, 1.165) is 10.6 Å². The molecule has 3 aromatic rings. The first-order valence-electron chi connectivity index (χ1n) is 8.24. The largest absolute Gasteiger partial charge is 0.326 e. The summed E-state index contributed by atoms with van der Waals surface area (Å²) >= 11 is 7.32. The van der Waals surface area contributed by atoms with Gasteiger partial charge in [0.05, 0.1) is 17.3 Å². The number of aromatic nitrogens is 2. The van der Waals surface area contributed by atoms with Crippen LogP contribution in [0.3, 0.4) is 0 Å². The molecule has 1 unspecified atom stereocenters. The number of rotatable bonds is 4. The van der Waals surface area contributed by atoms with Crippen LogP contribution >= 0.6 is 23.4 Å². The highest BCUT2D eigenvalue weighted by Gasteiger charge is 2.29. The van der Waals surface area contributed by atoms with Crippen LogP contribution in [0.1, 0.15) is 6.42 Å². The number of carbonyl (C=O) groups is 2. The number of hydrogen-bond donors (Lipinski definition) is 2. The number of imidazole rings is 1. The minimum atomic E-state index is -0.483. The maximum atomic E-state index is 12.4. The smallest absolute Gasteiger partial charge is 0.238 e. The van der Waals surface area contributed by atoms with Crippen LogP contribution < -0.4 is 10.6 Å². The van der Waals surface area contributed by atoms with Gasteiger partial charge in [0.15, 0.2) is 0 Å². The van der Waals surface area contributed by atoms with Crippen LogP contribution in [-0.2, 0) is 9.59 Å². The molecular weight excluding hydrogens is 384 g/mol. The molecule has 2 heterocycles. The quantitative estimate of drug-likeness (QED) is 0.697. The van der Waals surface area contributed by atoms with Gasteiger partial charge in [-0.15, -0.1) is 11.8 Å². The summed E-state index contributed by atoms with van der Waals surface area (Å²) in [7, 11) is 0. The second-order valence-electron chi connectivity index (χ2n) is 6.01. The van der Waals surface area contributed by atoms with Gasteiger partial charge in [0.2, 0.25) is 11.8 Å². The first-order chi connectivity index (χ1) is 13.1. The molecule has 0 saturated heterocycles. The van der Waals surface area contributed by atoms with Crippen molar-refractivity contribution in [2.24, 2.45) is 0 Å². The van der Waals surface area contributed by atoms with Crippen LogP contribution in [0.15, 0.2) is 66.1 Å². The van der Waals surface area contributed by atoms with Crippen LogP contribution in [0.4, 0.5) is 11.4 Å². The van der Waals surface area contributed by atoms with E-state index in [2.05, 4.69) is 15.6 Å². The molecule has 27 heavy (non-hydrogen) atoms. The standard InChI is InChI=1S/C19H15ClN4O2S/c20-12-1-6-16-15(9-12)23-19(26)17(27-16)10-18(25)22-13-2-4-14(5-3-13)24-8-7-21-11-24/h1-9,11,17H,10H2,(H,22,25)(H,23,26). The molecule has 1 atom stereocenters. The third-order valence-electron chi connectivity index (χ3n) is 4.09. The van der Waals surface area contributed by atoms with E-state index < -0.39 is 5.25 Å². The predicted octanol–water partition coefficient (Wildman–Crippen LogP) is 3.97. The molecule has 4 rings (SSSR count). The molecule has 8 heteroatoms. The fraction of sp³-hybridized carbons (Fsp3) is 0.105. The van der Waals surface area contributed by atoms with Crippen molar-refractivity contribution >= 4 is 46.6 Å². The van der Waals surface area contributed by atoms with E-state index in [9.17, 15) is 9.59 Å². The van der Waals surface area contributed by atoms with Gasteiger partial charge in [-0.25, -0.2) is 4.98 Å². The lowest BCUT2D eigenvalue weighted by molar-refractivity contribution is -0.120. The number of halogens is 1. The number of hydrogen-bond acceptors (Lipinski definition) is 4. The number of fused-ring (bicyclic) bond motifs is 1. The fourth-order valence-electron chi connectivity index (χ4n) is 2.77. The van der Waals surface area contributed by atoms with Crippen molar-refractivity contribution in [3.63, 3.8) is 0 Å². The van der Waals surface area contributed by atoms with Crippen LogP contribution in [0.5, 0.6) is 0 Å². The third-order valence-corrected chi connectivity index (χ3v) is 5.60. The monoisotopic (exact) mass is 398 g/mol. The number of nitrogens with one attached hydrogen (secondary N) is 2. The molecule has 136 valence electrons. The van der Waals surface area contributed by atoms with Crippen molar-refractivity contribution < 1.29 is 9.59 Å². The van der Waals surface area contributed by atoms with Gasteiger partial charge in [0.1, 0.15) is 0 Å². The highest BCUT2D eigenvalue weighted by Crippen LogP contribution is 2.38. The van der Waals surface area contributed by atoms with Crippen molar-refractivity contribution in [1.82, 2.24) is 9.55 Å². The zero-order chi connectivity index (χ0) is 18.8. The van der Waals surface area contributed by atoms with Gasteiger partial charge in [-0.1, -0.05) is 11.6 Å². The van der Waals surface area contributed by atoms with Crippen LogP contribution in [0, 0.1) is 0 Å². The number of carbonyl (C=O) groups excluding carboxylic acids is 2. The molecule has 0 bridgehead atoms. The lowest BCUT2D eigenvalue weighted by atomic mass is 10.2. The molecule has 0 aliphatic carbocycles. The second-order valence-corrected chi connectivity index (χ2v) is 7.69. The summed E-state index contributed by atoms with van der Waals surface area (Å²) in [5.41, 5.74) is 2.31. The van der Waals surface area contributed by atoms with Gasteiger partial charge in [0.25, 0.3) is 0 Å². The Labute approximate surface area is 164 Å². The normalized spacial score (nSPS) is 15.7. The van der Waals surface area contributed by atoms with E-state index in [-0.39, 0.29) is 18.2 Å². The number of thioether (sulfide) groups is 1. The Balaban J connectivity index is 1.39. The van der Waals surface area contributed by atoms with Crippen molar-refractivity contribution in [1.29, 1.82) is 0 Å². The van der Waals surface area contributed by atoms with Gasteiger partial charge < -0.3 is 15.2 Å². The van der Waals surface area contributed by atoms with Gasteiger partial charge in [-0.2, -0.15) is 0 Å². The molecule has 6 nitrogen and oxygen atoms in total. The molecular formula is C19H15ClN4O2S. The zero-order valence-electron chi connectivity index (χ0n) is 14.1. The van der Waals surface area contributed by atoms with E-state index >= 15 is 0 Å². The molecule has 0 fully saturated rings. The van der Waals surface area contributed by atoms with Crippen molar-refractivity contribution in [3.05, 3.63) is 66.2 Å². The molecule has 0 saturated carbocycles. The molecule has 2 aromatic carbocycles. The minimum Gasteiger partial charge on any atom is -0.326 e. The van der Waals surface area contributed by atoms with Gasteiger partial charge in [-0.3, -0.25) is 9.59 Å². The van der Waals surface area contributed by atoms with E-state index in [1.165, 1.54) is 11.8 Å². The first kappa shape index (κ1) is 17.6. The topological polar surface area (TPSA) is 76.0 Å². The lowest BCUT2D eigenvalue weighted by Gasteiger charge is -2.23. The van der Waals surface area contributed by atoms with Crippen LogP contribution in [0.25, 0.3) is 5.69 Å². The maximum absolute atomic E-state index is 12.4. The number of benzene rings is 2. The Morgan fingerprint density at radius 1 is 1.26 bits per heavy atom. The van der Waals surface area contributed by atoms with E-state index in [1.54, 1.807) is 24.7 Å².